The van der Waals surface area contributed by atoms with E-state index in [1.807, 2.05) is 0 Å². The smallest absolute Gasteiger partial charge is 0.159 e. The van der Waals surface area contributed by atoms with Crippen LogP contribution in [-0.2, 0) is 6.42 Å². The fourth-order valence-electron chi connectivity index (χ4n) is 5.02. The van der Waals surface area contributed by atoms with Crippen molar-refractivity contribution in [1.29, 1.82) is 0 Å². The molecule has 2 nitrogen and oxygen atoms in total. The molecule has 2 heteroatoms. The summed E-state index contributed by atoms with van der Waals surface area (Å²) in [5, 5.41) is 8.83. The molecule has 2 heterocycles. The van der Waals surface area contributed by atoms with Crippen molar-refractivity contribution in [1.82, 2.24) is 4.98 Å². The van der Waals surface area contributed by atoms with Crippen LogP contribution in [0.25, 0.3) is 60.4 Å². The number of allylic oxidation sites excluding steroid dienone is 1. The highest BCUT2D eigenvalue weighted by molar-refractivity contribution is 6.33. The van der Waals surface area contributed by atoms with Crippen LogP contribution in [0.4, 0.5) is 0 Å². The Kier molecular flexibility index (Phi) is 2.62. The molecule has 28 heavy (non-hydrogen) atoms. The summed E-state index contributed by atoms with van der Waals surface area (Å²) in [5.41, 5.74) is 4.55. The number of nitrogens with one attached hydrogen (secondary N) is 1. The first kappa shape index (κ1) is 14.5. The van der Waals surface area contributed by atoms with Crippen molar-refractivity contribution >= 4 is 60.4 Å². The second kappa shape index (κ2) is 5.05. The van der Waals surface area contributed by atoms with Crippen LogP contribution in [0.2, 0.25) is 0 Å². The molecule has 0 spiro atoms. The Morgan fingerprint density at radius 3 is 2.39 bits per heavy atom. The Balaban J connectivity index is 1.82. The van der Waals surface area contributed by atoms with Crippen LogP contribution < -0.4 is 0 Å². The van der Waals surface area contributed by atoms with Crippen LogP contribution in [0.3, 0.4) is 0 Å². The zero-order valence-corrected chi connectivity index (χ0v) is 15.3. The van der Waals surface area contributed by atoms with E-state index in [4.69, 9.17) is 4.42 Å². The lowest BCUT2D eigenvalue weighted by Gasteiger charge is -2.05. The van der Waals surface area contributed by atoms with Crippen molar-refractivity contribution in [3.8, 4) is 0 Å². The van der Waals surface area contributed by atoms with Gasteiger partial charge < -0.3 is 9.40 Å². The zero-order valence-electron chi connectivity index (χ0n) is 15.3. The zero-order chi connectivity index (χ0) is 18.2. The number of hydrogen-bond acceptors (Lipinski definition) is 1. The quantitative estimate of drug-likeness (QED) is 0.302. The first-order valence-electron chi connectivity index (χ1n) is 9.86. The number of aryl methyl sites for hydroxylation is 1. The summed E-state index contributed by atoms with van der Waals surface area (Å²) in [5.74, 6) is 1.11. The van der Waals surface area contributed by atoms with Gasteiger partial charge >= 0.3 is 0 Å². The number of furan rings is 1. The number of hydrogen-bond donors (Lipinski definition) is 1. The molecule has 4 aromatic carbocycles. The largest absolute Gasteiger partial charge is 0.458 e. The molecule has 6 aromatic rings. The number of aromatic amines is 1. The lowest BCUT2D eigenvalue weighted by atomic mass is 9.95. The first-order valence-corrected chi connectivity index (χ1v) is 9.86. The summed E-state index contributed by atoms with van der Waals surface area (Å²) in [7, 11) is 0. The van der Waals surface area contributed by atoms with Gasteiger partial charge in [0.2, 0.25) is 0 Å². The number of rotatable bonds is 0. The minimum atomic E-state index is 0.972. The summed E-state index contributed by atoms with van der Waals surface area (Å²) in [4.78, 5) is 3.75. The molecule has 7 rings (SSSR count). The maximum absolute atomic E-state index is 6.47. The lowest BCUT2D eigenvalue weighted by Crippen LogP contribution is -1.88. The van der Waals surface area contributed by atoms with Gasteiger partial charge in [0.1, 0.15) is 5.76 Å². The number of aromatic nitrogens is 1. The van der Waals surface area contributed by atoms with Crippen molar-refractivity contribution in [2.24, 2.45) is 0 Å². The average Bonchev–Trinajstić information content (AvgIpc) is 3.33. The minimum Gasteiger partial charge on any atom is -0.458 e. The number of benzene rings is 4. The molecule has 0 aliphatic heterocycles. The Labute approximate surface area is 161 Å². The van der Waals surface area contributed by atoms with E-state index in [0.717, 1.165) is 29.7 Å². The summed E-state index contributed by atoms with van der Waals surface area (Å²) >= 11 is 0. The van der Waals surface area contributed by atoms with Crippen LogP contribution >= 0.6 is 0 Å². The third-order valence-corrected chi connectivity index (χ3v) is 6.24. The molecule has 0 amide bonds. The topological polar surface area (TPSA) is 28.9 Å². The summed E-state index contributed by atoms with van der Waals surface area (Å²) in [6.45, 7) is 0. The van der Waals surface area contributed by atoms with Crippen LogP contribution in [0.1, 0.15) is 17.7 Å². The monoisotopic (exact) mass is 359 g/mol. The van der Waals surface area contributed by atoms with Gasteiger partial charge in [-0.2, -0.15) is 0 Å². The SMILES string of the molecule is C1=Cc2c(oc3c4[nH]c5c6ccccc6ccc5c4c4ccccc4c23)CC1. The molecule has 132 valence electrons. The summed E-state index contributed by atoms with van der Waals surface area (Å²) < 4.78 is 6.47. The molecular weight excluding hydrogens is 342 g/mol. The van der Waals surface area contributed by atoms with Gasteiger partial charge in [-0.05, 0) is 22.6 Å². The highest BCUT2D eigenvalue weighted by atomic mass is 16.3. The molecule has 0 atom stereocenters. The van der Waals surface area contributed by atoms with Crippen molar-refractivity contribution in [3.05, 3.63) is 78.1 Å². The van der Waals surface area contributed by atoms with Gasteiger partial charge in [0, 0.05) is 33.5 Å². The van der Waals surface area contributed by atoms with E-state index < -0.39 is 0 Å². The average molecular weight is 359 g/mol. The Morgan fingerprint density at radius 2 is 1.50 bits per heavy atom. The molecule has 1 N–H and O–H groups in total. The fraction of sp³-hybridized carbons (Fsp3) is 0.0769. The molecule has 2 aromatic heterocycles. The number of fused-ring (bicyclic) bond motifs is 12. The molecule has 0 unspecified atom stereocenters. The first-order chi connectivity index (χ1) is 13.9. The second-order valence-corrected chi connectivity index (χ2v) is 7.71. The standard InChI is InChI=1S/C26H17NO/c1-2-8-16-15(7-1)13-14-20-22-17-9-3-4-10-18(17)23-19-11-5-6-12-21(19)28-26(23)25(22)27-24(16)20/h1-5,7-11,13-14,27H,6,12H2. The molecule has 0 fully saturated rings. The second-order valence-electron chi connectivity index (χ2n) is 7.71. The normalized spacial score (nSPS) is 14.0. The Hall–Kier alpha value is -3.52. The van der Waals surface area contributed by atoms with Crippen LogP contribution in [0, 0.1) is 0 Å². The van der Waals surface area contributed by atoms with Gasteiger partial charge in [-0.3, -0.25) is 0 Å². The molecule has 1 aliphatic rings. The van der Waals surface area contributed by atoms with Crippen molar-refractivity contribution in [2.75, 3.05) is 0 Å². The van der Waals surface area contributed by atoms with Crippen LogP contribution in [0.15, 0.2) is 71.2 Å². The van der Waals surface area contributed by atoms with Crippen molar-refractivity contribution < 1.29 is 4.42 Å². The number of H-pyrrole nitrogens is 1. The van der Waals surface area contributed by atoms with Crippen LogP contribution in [-0.4, -0.2) is 4.98 Å². The maximum Gasteiger partial charge on any atom is 0.159 e. The Morgan fingerprint density at radius 1 is 0.714 bits per heavy atom. The highest BCUT2D eigenvalue weighted by Gasteiger charge is 2.22. The van der Waals surface area contributed by atoms with Gasteiger partial charge in [0.15, 0.2) is 5.58 Å². The Bertz CT molecular complexity index is 1610. The molecular formula is C26H17NO. The van der Waals surface area contributed by atoms with Gasteiger partial charge in [-0.15, -0.1) is 0 Å². The third kappa shape index (κ3) is 1.68. The maximum atomic E-state index is 6.47. The predicted octanol–water partition coefficient (Wildman–Crippen LogP) is 7.33. The third-order valence-electron chi connectivity index (χ3n) is 6.24. The van der Waals surface area contributed by atoms with Gasteiger partial charge in [-0.1, -0.05) is 72.8 Å². The van der Waals surface area contributed by atoms with Gasteiger partial charge in [0.25, 0.3) is 0 Å². The van der Waals surface area contributed by atoms with Crippen LogP contribution in [0.5, 0.6) is 0 Å². The fourth-order valence-corrected chi connectivity index (χ4v) is 5.02. The lowest BCUT2D eigenvalue weighted by molar-refractivity contribution is 0.548. The molecule has 0 saturated carbocycles. The van der Waals surface area contributed by atoms with E-state index in [1.165, 1.54) is 48.8 Å². The van der Waals surface area contributed by atoms with E-state index in [9.17, 15) is 0 Å². The summed E-state index contributed by atoms with van der Waals surface area (Å²) in [6.07, 6.45) is 6.51. The molecule has 0 bridgehead atoms. The molecule has 0 radical (unpaired) electrons. The molecule has 1 aliphatic carbocycles. The van der Waals surface area contributed by atoms with E-state index >= 15 is 0 Å². The summed E-state index contributed by atoms with van der Waals surface area (Å²) in [6, 6.07) is 21.8. The molecule has 0 saturated heterocycles. The van der Waals surface area contributed by atoms with E-state index in [2.05, 4.69) is 77.8 Å². The van der Waals surface area contributed by atoms with Crippen molar-refractivity contribution in [2.45, 2.75) is 12.8 Å². The van der Waals surface area contributed by atoms with E-state index in [-0.39, 0.29) is 0 Å². The van der Waals surface area contributed by atoms with Gasteiger partial charge in [-0.25, -0.2) is 0 Å². The highest BCUT2D eigenvalue weighted by Crippen LogP contribution is 2.44. The van der Waals surface area contributed by atoms with E-state index in [1.54, 1.807) is 0 Å². The predicted molar refractivity (Wildman–Crippen MR) is 118 cm³/mol. The van der Waals surface area contributed by atoms with Gasteiger partial charge in [0.05, 0.1) is 11.0 Å². The minimum absolute atomic E-state index is 0.972. The van der Waals surface area contributed by atoms with Crippen molar-refractivity contribution in [3.63, 3.8) is 0 Å². The van der Waals surface area contributed by atoms with E-state index in [0.29, 0.717) is 0 Å².